The van der Waals surface area contributed by atoms with Gasteiger partial charge in [0.05, 0.1) is 12.6 Å². The minimum atomic E-state index is -0.471. The number of benzene rings is 1. The summed E-state index contributed by atoms with van der Waals surface area (Å²) >= 11 is 0. The Bertz CT molecular complexity index is 452. The highest BCUT2D eigenvalue weighted by atomic mass is 19.1. The molecule has 4 nitrogen and oxygen atoms in total. The van der Waals surface area contributed by atoms with Crippen molar-refractivity contribution in [2.75, 3.05) is 18.9 Å². The molecule has 0 aliphatic carbocycles. The van der Waals surface area contributed by atoms with Crippen LogP contribution in [0.25, 0.3) is 0 Å². The number of halogens is 1. The number of carbonyl (C=O) groups excluding carboxylic acids is 1. The molecule has 0 fully saturated rings. The molecule has 0 saturated carbocycles. The maximum absolute atomic E-state index is 13.6. The summed E-state index contributed by atoms with van der Waals surface area (Å²) in [6.45, 7) is 8.49. The monoisotopic (exact) mass is 282 g/mol. The molecule has 0 aromatic heterocycles. The number of nitrogens with two attached hydrogens (primary N) is 1. The standard InChI is InChI=1S/C15H23FN2O2/c1-5-20-8-14(9(2)3)18-15(19)11-6-12(16)10(4)13(17)7-11/h6-7,9,14H,5,8,17H2,1-4H3,(H,18,19). The van der Waals surface area contributed by atoms with Crippen LogP contribution in [0.3, 0.4) is 0 Å². The van der Waals surface area contributed by atoms with Gasteiger partial charge in [-0.05, 0) is 31.9 Å². The smallest absolute Gasteiger partial charge is 0.251 e. The molecule has 1 rings (SSSR count). The molecule has 1 aromatic carbocycles. The third-order valence-corrected chi connectivity index (χ3v) is 3.27. The first-order valence-electron chi connectivity index (χ1n) is 6.81. The molecule has 0 aliphatic heterocycles. The lowest BCUT2D eigenvalue weighted by Gasteiger charge is -2.22. The second-order valence-electron chi connectivity index (χ2n) is 5.16. The van der Waals surface area contributed by atoms with E-state index >= 15 is 0 Å². The maximum atomic E-state index is 13.6. The molecule has 1 unspecified atom stereocenters. The number of ether oxygens (including phenoxy) is 1. The molecule has 0 heterocycles. The molecule has 0 radical (unpaired) electrons. The highest BCUT2D eigenvalue weighted by molar-refractivity contribution is 5.95. The Balaban J connectivity index is 2.83. The summed E-state index contributed by atoms with van der Waals surface area (Å²) in [7, 11) is 0. The van der Waals surface area contributed by atoms with Crippen LogP contribution in [0.4, 0.5) is 10.1 Å². The Morgan fingerprint density at radius 2 is 2.10 bits per heavy atom. The number of nitrogen functional groups attached to an aromatic ring is 1. The van der Waals surface area contributed by atoms with E-state index in [-0.39, 0.29) is 29.1 Å². The summed E-state index contributed by atoms with van der Waals surface area (Å²) in [6, 6.07) is 2.58. The Morgan fingerprint density at radius 3 is 2.60 bits per heavy atom. The summed E-state index contributed by atoms with van der Waals surface area (Å²) in [5, 5.41) is 2.86. The van der Waals surface area contributed by atoms with Crippen LogP contribution < -0.4 is 11.1 Å². The zero-order valence-electron chi connectivity index (χ0n) is 12.5. The highest BCUT2D eigenvalue weighted by Gasteiger charge is 2.18. The van der Waals surface area contributed by atoms with Crippen molar-refractivity contribution in [3.05, 3.63) is 29.1 Å². The predicted molar refractivity (Wildman–Crippen MR) is 78.1 cm³/mol. The summed E-state index contributed by atoms with van der Waals surface area (Å²) in [6.07, 6.45) is 0. The van der Waals surface area contributed by atoms with Crippen molar-refractivity contribution in [3.8, 4) is 0 Å². The van der Waals surface area contributed by atoms with Gasteiger partial charge in [0.1, 0.15) is 5.82 Å². The normalized spacial score (nSPS) is 12.5. The number of carbonyl (C=O) groups is 1. The predicted octanol–water partition coefficient (Wildman–Crippen LogP) is 2.51. The van der Waals surface area contributed by atoms with Crippen LogP contribution in [0.2, 0.25) is 0 Å². The van der Waals surface area contributed by atoms with Crippen molar-refractivity contribution in [1.29, 1.82) is 0 Å². The Morgan fingerprint density at radius 1 is 1.45 bits per heavy atom. The molecule has 1 atom stereocenters. The van der Waals surface area contributed by atoms with Crippen LogP contribution in [0, 0.1) is 18.7 Å². The summed E-state index contributed by atoms with van der Waals surface area (Å²) < 4.78 is 19.0. The van der Waals surface area contributed by atoms with E-state index in [0.717, 1.165) is 0 Å². The van der Waals surface area contributed by atoms with Crippen LogP contribution in [0.15, 0.2) is 12.1 Å². The fraction of sp³-hybridized carbons (Fsp3) is 0.533. The van der Waals surface area contributed by atoms with Crippen LogP contribution in [-0.2, 0) is 4.74 Å². The van der Waals surface area contributed by atoms with Gasteiger partial charge in [0.25, 0.3) is 5.91 Å². The topological polar surface area (TPSA) is 64.3 Å². The van der Waals surface area contributed by atoms with E-state index in [4.69, 9.17) is 10.5 Å². The van der Waals surface area contributed by atoms with Gasteiger partial charge in [0, 0.05) is 23.4 Å². The van der Waals surface area contributed by atoms with Crippen molar-refractivity contribution in [2.45, 2.75) is 33.7 Å². The SMILES string of the molecule is CCOCC(NC(=O)c1cc(N)c(C)c(F)c1)C(C)C. The fourth-order valence-electron chi connectivity index (χ4n) is 1.73. The minimum Gasteiger partial charge on any atom is -0.398 e. The lowest BCUT2D eigenvalue weighted by Crippen LogP contribution is -2.42. The molecule has 1 amide bonds. The summed E-state index contributed by atoms with van der Waals surface area (Å²) in [4.78, 5) is 12.1. The van der Waals surface area contributed by atoms with Gasteiger partial charge < -0.3 is 15.8 Å². The number of amides is 1. The second kappa shape index (κ2) is 7.24. The van der Waals surface area contributed by atoms with Gasteiger partial charge >= 0.3 is 0 Å². The quantitative estimate of drug-likeness (QED) is 0.788. The van der Waals surface area contributed by atoms with Gasteiger partial charge in [-0.15, -0.1) is 0 Å². The minimum absolute atomic E-state index is 0.118. The van der Waals surface area contributed by atoms with Gasteiger partial charge in [-0.1, -0.05) is 13.8 Å². The Kier molecular flexibility index (Phi) is 5.95. The molecule has 0 spiro atoms. The lowest BCUT2D eigenvalue weighted by atomic mass is 10.0. The highest BCUT2D eigenvalue weighted by Crippen LogP contribution is 2.18. The molecular formula is C15H23FN2O2. The first-order valence-corrected chi connectivity index (χ1v) is 6.81. The number of nitrogens with one attached hydrogen (secondary N) is 1. The van der Waals surface area contributed by atoms with Crippen molar-refractivity contribution < 1.29 is 13.9 Å². The maximum Gasteiger partial charge on any atom is 0.251 e. The average molecular weight is 282 g/mol. The van der Waals surface area contributed by atoms with Crippen molar-refractivity contribution >= 4 is 11.6 Å². The molecule has 5 heteroatoms. The van der Waals surface area contributed by atoms with E-state index in [1.807, 2.05) is 20.8 Å². The van der Waals surface area contributed by atoms with Crippen LogP contribution >= 0.6 is 0 Å². The molecule has 20 heavy (non-hydrogen) atoms. The van der Waals surface area contributed by atoms with Crippen molar-refractivity contribution in [2.24, 2.45) is 5.92 Å². The van der Waals surface area contributed by atoms with E-state index in [0.29, 0.717) is 18.8 Å². The van der Waals surface area contributed by atoms with Gasteiger partial charge in [-0.3, -0.25) is 4.79 Å². The zero-order valence-corrected chi connectivity index (χ0v) is 12.5. The van der Waals surface area contributed by atoms with Gasteiger partial charge in [-0.2, -0.15) is 0 Å². The second-order valence-corrected chi connectivity index (χ2v) is 5.16. The van der Waals surface area contributed by atoms with Gasteiger partial charge in [0.2, 0.25) is 0 Å². The molecule has 0 bridgehead atoms. The first-order chi connectivity index (χ1) is 9.36. The van der Waals surface area contributed by atoms with Crippen molar-refractivity contribution in [1.82, 2.24) is 5.32 Å². The molecule has 1 aromatic rings. The van der Waals surface area contributed by atoms with Crippen LogP contribution in [0.1, 0.15) is 36.7 Å². The van der Waals surface area contributed by atoms with E-state index in [9.17, 15) is 9.18 Å². The van der Waals surface area contributed by atoms with Crippen LogP contribution in [0.5, 0.6) is 0 Å². The summed E-state index contributed by atoms with van der Waals surface area (Å²) in [5.41, 5.74) is 6.55. The summed E-state index contributed by atoms with van der Waals surface area (Å²) in [5.74, 6) is -0.590. The number of hydrogen-bond acceptors (Lipinski definition) is 3. The average Bonchev–Trinajstić information content (AvgIpc) is 2.39. The lowest BCUT2D eigenvalue weighted by molar-refractivity contribution is 0.0806. The third-order valence-electron chi connectivity index (χ3n) is 3.27. The number of rotatable bonds is 6. The number of anilines is 1. The molecular weight excluding hydrogens is 259 g/mol. The van der Waals surface area contributed by atoms with Crippen molar-refractivity contribution in [3.63, 3.8) is 0 Å². The molecule has 3 N–H and O–H groups in total. The molecule has 112 valence electrons. The van der Waals surface area contributed by atoms with Gasteiger partial charge in [-0.25, -0.2) is 4.39 Å². The van der Waals surface area contributed by atoms with E-state index in [2.05, 4.69) is 5.32 Å². The fourth-order valence-corrected chi connectivity index (χ4v) is 1.73. The number of hydrogen-bond donors (Lipinski definition) is 2. The van der Waals surface area contributed by atoms with Gasteiger partial charge in [0.15, 0.2) is 0 Å². The van der Waals surface area contributed by atoms with Crippen LogP contribution in [-0.4, -0.2) is 25.2 Å². The van der Waals surface area contributed by atoms with E-state index in [1.165, 1.54) is 12.1 Å². The molecule has 0 saturated heterocycles. The Labute approximate surface area is 119 Å². The first kappa shape index (κ1) is 16.4. The van der Waals surface area contributed by atoms with E-state index in [1.54, 1.807) is 6.92 Å². The molecule has 0 aliphatic rings. The third kappa shape index (κ3) is 4.20. The Hall–Kier alpha value is -1.62. The largest absolute Gasteiger partial charge is 0.398 e. The zero-order chi connectivity index (χ0) is 15.3. The van der Waals surface area contributed by atoms with E-state index < -0.39 is 5.82 Å².